The molecule has 0 aromatic carbocycles. The number of hydrogen-bond acceptors (Lipinski definition) is 3. The predicted molar refractivity (Wildman–Crippen MR) is 84.8 cm³/mol. The van der Waals surface area contributed by atoms with E-state index in [1.54, 1.807) is 0 Å². The number of carboxylic acids is 2. The van der Waals surface area contributed by atoms with Crippen molar-refractivity contribution in [1.29, 1.82) is 0 Å². The predicted octanol–water partition coefficient (Wildman–Crippen LogP) is 2.18. The Bertz CT molecular complexity index is 336. The third-order valence-electron chi connectivity index (χ3n) is 3.29. The standard InChI is InChI=1S/C15H27NO5.Na/c1-2-3-4-5-6-7-8-9-13(17)16-12(15(20)21)10-11-14(18)19;/h12H,2-11H2,1H3,(H,16,17)(H,18,19)(H,20,21);/t12-;/m0./s1. The molecule has 0 rings (SSSR count). The van der Waals surface area contributed by atoms with Gasteiger partial charge in [0.05, 0.1) is 0 Å². The van der Waals surface area contributed by atoms with Crippen molar-refractivity contribution >= 4 is 47.4 Å². The van der Waals surface area contributed by atoms with Crippen LogP contribution in [0.2, 0.25) is 0 Å². The molecular weight excluding hydrogens is 297 g/mol. The van der Waals surface area contributed by atoms with Crippen LogP contribution in [0.4, 0.5) is 0 Å². The Morgan fingerprint density at radius 1 is 0.909 bits per heavy atom. The minimum Gasteiger partial charge on any atom is -0.481 e. The first-order chi connectivity index (χ1) is 9.97. The van der Waals surface area contributed by atoms with E-state index in [0.717, 1.165) is 19.3 Å². The first-order valence-electron chi connectivity index (χ1n) is 7.71. The number of carboxylic acid groups (broad SMARTS) is 2. The number of carbonyl (C=O) groups is 3. The second-order valence-corrected chi connectivity index (χ2v) is 5.26. The zero-order valence-electron chi connectivity index (χ0n) is 13.8. The van der Waals surface area contributed by atoms with Gasteiger partial charge < -0.3 is 15.5 Å². The average Bonchev–Trinajstić information content (AvgIpc) is 2.41. The van der Waals surface area contributed by atoms with E-state index in [1.165, 1.54) is 25.7 Å². The second-order valence-electron chi connectivity index (χ2n) is 5.26. The number of amides is 1. The quantitative estimate of drug-likeness (QED) is 0.356. The third kappa shape index (κ3) is 14.4. The molecule has 0 unspecified atom stereocenters. The van der Waals surface area contributed by atoms with E-state index in [-0.39, 0.29) is 48.3 Å². The summed E-state index contributed by atoms with van der Waals surface area (Å²) in [6.45, 7) is 2.16. The smallest absolute Gasteiger partial charge is 0.326 e. The first kappa shape index (κ1) is 23.7. The van der Waals surface area contributed by atoms with Crippen LogP contribution in [0.25, 0.3) is 0 Å². The van der Waals surface area contributed by atoms with Crippen molar-refractivity contribution in [2.45, 2.75) is 77.2 Å². The number of hydrogen-bond donors (Lipinski definition) is 3. The largest absolute Gasteiger partial charge is 0.481 e. The minimum absolute atomic E-state index is 0. The fraction of sp³-hybridized carbons (Fsp3) is 0.800. The van der Waals surface area contributed by atoms with Crippen molar-refractivity contribution in [3.8, 4) is 0 Å². The summed E-state index contributed by atoms with van der Waals surface area (Å²) < 4.78 is 0. The molecule has 22 heavy (non-hydrogen) atoms. The third-order valence-corrected chi connectivity index (χ3v) is 3.29. The van der Waals surface area contributed by atoms with Gasteiger partial charge in [0.1, 0.15) is 6.04 Å². The fourth-order valence-electron chi connectivity index (χ4n) is 2.03. The molecule has 0 aromatic heterocycles. The summed E-state index contributed by atoms with van der Waals surface area (Å²) in [7, 11) is 0. The van der Waals surface area contributed by atoms with Gasteiger partial charge in [-0.25, -0.2) is 4.79 Å². The van der Waals surface area contributed by atoms with Crippen LogP contribution in [0.15, 0.2) is 0 Å². The van der Waals surface area contributed by atoms with Crippen LogP contribution in [-0.2, 0) is 14.4 Å². The van der Waals surface area contributed by atoms with E-state index in [0.29, 0.717) is 6.42 Å². The molecule has 123 valence electrons. The number of rotatable bonds is 13. The summed E-state index contributed by atoms with van der Waals surface area (Å²) in [6.07, 6.45) is 7.57. The molecule has 1 atom stereocenters. The SMILES string of the molecule is CCCCCCCCCC(=O)N[C@@H](CCC(=O)O)C(=O)O.[Na]. The molecule has 0 heterocycles. The Morgan fingerprint density at radius 3 is 1.95 bits per heavy atom. The molecule has 7 heteroatoms. The van der Waals surface area contributed by atoms with E-state index < -0.39 is 18.0 Å². The molecule has 0 bridgehead atoms. The molecule has 3 N–H and O–H groups in total. The Labute approximate surface area is 154 Å². The van der Waals surface area contributed by atoms with Crippen LogP contribution in [0.1, 0.15) is 71.1 Å². The topological polar surface area (TPSA) is 104 Å². The van der Waals surface area contributed by atoms with Crippen molar-refractivity contribution in [1.82, 2.24) is 5.32 Å². The molecular formula is C15H27NNaO5. The summed E-state index contributed by atoms with van der Waals surface area (Å²) in [5.41, 5.74) is 0. The Morgan fingerprint density at radius 2 is 1.45 bits per heavy atom. The molecule has 0 saturated heterocycles. The monoisotopic (exact) mass is 324 g/mol. The van der Waals surface area contributed by atoms with Gasteiger partial charge in [-0.1, -0.05) is 45.4 Å². The maximum Gasteiger partial charge on any atom is 0.326 e. The summed E-state index contributed by atoms with van der Waals surface area (Å²) in [5.74, 6) is -2.58. The Hall–Kier alpha value is -0.590. The molecule has 0 aliphatic carbocycles. The molecule has 6 nitrogen and oxygen atoms in total. The molecule has 0 fully saturated rings. The van der Waals surface area contributed by atoms with Gasteiger partial charge >= 0.3 is 11.9 Å². The summed E-state index contributed by atoms with van der Waals surface area (Å²) in [4.78, 5) is 33.0. The average molecular weight is 324 g/mol. The van der Waals surface area contributed by atoms with Crippen LogP contribution in [0.5, 0.6) is 0 Å². The van der Waals surface area contributed by atoms with Crippen LogP contribution < -0.4 is 5.32 Å². The van der Waals surface area contributed by atoms with Gasteiger partial charge in [0.25, 0.3) is 0 Å². The van der Waals surface area contributed by atoms with Crippen LogP contribution in [0.3, 0.4) is 0 Å². The summed E-state index contributed by atoms with van der Waals surface area (Å²) >= 11 is 0. The van der Waals surface area contributed by atoms with Gasteiger partial charge in [0, 0.05) is 42.4 Å². The Kier molecular flexibility index (Phi) is 16.5. The van der Waals surface area contributed by atoms with Crippen LogP contribution in [-0.4, -0.2) is 63.7 Å². The van der Waals surface area contributed by atoms with Crippen LogP contribution >= 0.6 is 0 Å². The van der Waals surface area contributed by atoms with Crippen molar-refractivity contribution in [2.75, 3.05) is 0 Å². The van der Waals surface area contributed by atoms with E-state index in [4.69, 9.17) is 10.2 Å². The summed E-state index contributed by atoms with van der Waals surface area (Å²) in [6, 6.07) is -1.11. The minimum atomic E-state index is -1.19. The van der Waals surface area contributed by atoms with Crippen molar-refractivity contribution in [3.05, 3.63) is 0 Å². The number of nitrogens with one attached hydrogen (secondary N) is 1. The van der Waals surface area contributed by atoms with Gasteiger partial charge in [-0.2, -0.15) is 0 Å². The van der Waals surface area contributed by atoms with Gasteiger partial charge in [0.15, 0.2) is 0 Å². The first-order valence-corrected chi connectivity index (χ1v) is 7.71. The zero-order valence-corrected chi connectivity index (χ0v) is 15.8. The summed E-state index contributed by atoms with van der Waals surface area (Å²) in [5, 5.41) is 19.8. The normalized spacial score (nSPS) is 11.3. The second kappa shape index (κ2) is 15.3. The number of carbonyl (C=O) groups excluding carboxylic acids is 1. The maximum absolute atomic E-state index is 11.6. The van der Waals surface area contributed by atoms with Gasteiger partial charge in [-0.15, -0.1) is 0 Å². The van der Waals surface area contributed by atoms with Gasteiger partial charge in [0.2, 0.25) is 5.91 Å². The zero-order chi connectivity index (χ0) is 16.1. The van der Waals surface area contributed by atoms with E-state index in [1.807, 2.05) is 0 Å². The van der Waals surface area contributed by atoms with Gasteiger partial charge in [-0.05, 0) is 12.8 Å². The molecule has 0 spiro atoms. The van der Waals surface area contributed by atoms with E-state index in [9.17, 15) is 14.4 Å². The van der Waals surface area contributed by atoms with E-state index >= 15 is 0 Å². The van der Waals surface area contributed by atoms with Gasteiger partial charge in [-0.3, -0.25) is 9.59 Å². The molecule has 0 aliphatic rings. The van der Waals surface area contributed by atoms with Crippen molar-refractivity contribution in [2.24, 2.45) is 0 Å². The van der Waals surface area contributed by atoms with Crippen molar-refractivity contribution in [3.63, 3.8) is 0 Å². The Balaban J connectivity index is 0. The van der Waals surface area contributed by atoms with Crippen molar-refractivity contribution < 1.29 is 24.6 Å². The molecule has 1 amide bonds. The molecule has 0 aromatic rings. The molecule has 0 saturated carbocycles. The molecule has 1 radical (unpaired) electrons. The fourth-order valence-corrected chi connectivity index (χ4v) is 2.03. The number of unbranched alkanes of at least 4 members (excludes halogenated alkanes) is 6. The van der Waals surface area contributed by atoms with E-state index in [2.05, 4.69) is 12.2 Å². The molecule has 0 aliphatic heterocycles. The van der Waals surface area contributed by atoms with Crippen LogP contribution in [0, 0.1) is 0 Å². The maximum atomic E-state index is 11.6. The number of aliphatic carboxylic acids is 2.